The molecule has 0 spiro atoms. The minimum absolute atomic E-state index is 0.501. The molecule has 0 radical (unpaired) electrons. The van der Waals surface area contributed by atoms with Crippen molar-refractivity contribution in [1.29, 1.82) is 0 Å². The molecule has 84 valence electrons. The van der Waals surface area contributed by atoms with Gasteiger partial charge >= 0.3 is 0 Å². The Hall–Kier alpha value is -1.32. The van der Waals surface area contributed by atoms with Crippen LogP contribution >= 0.6 is 11.3 Å². The summed E-state index contributed by atoms with van der Waals surface area (Å²) in [6.45, 7) is 2.62. The molecule has 0 fully saturated rings. The molecule has 0 aliphatic carbocycles. The highest BCUT2D eigenvalue weighted by Gasteiger charge is 2.07. The van der Waals surface area contributed by atoms with E-state index in [4.69, 9.17) is 10.5 Å². The lowest BCUT2D eigenvalue weighted by Gasteiger charge is -2.08. The third-order valence-corrected chi connectivity index (χ3v) is 3.69. The van der Waals surface area contributed by atoms with Crippen molar-refractivity contribution in [1.82, 2.24) is 0 Å². The molecule has 1 aromatic carbocycles. The van der Waals surface area contributed by atoms with Crippen LogP contribution in [0.4, 0.5) is 0 Å². The number of nitrogens with two attached hydrogens (primary N) is 1. The van der Waals surface area contributed by atoms with Crippen LogP contribution < -0.4 is 10.5 Å². The Kier molecular flexibility index (Phi) is 3.27. The van der Waals surface area contributed by atoms with Crippen LogP contribution in [-0.2, 0) is 6.54 Å². The van der Waals surface area contributed by atoms with Gasteiger partial charge in [-0.25, -0.2) is 0 Å². The van der Waals surface area contributed by atoms with Crippen molar-refractivity contribution >= 4 is 11.3 Å². The van der Waals surface area contributed by atoms with E-state index in [1.807, 2.05) is 6.07 Å². The predicted molar refractivity (Wildman–Crippen MR) is 68.9 cm³/mol. The van der Waals surface area contributed by atoms with Crippen LogP contribution in [0.3, 0.4) is 0 Å². The topological polar surface area (TPSA) is 35.2 Å². The lowest BCUT2D eigenvalue weighted by Crippen LogP contribution is -1.99. The summed E-state index contributed by atoms with van der Waals surface area (Å²) in [7, 11) is 1.67. The molecule has 0 aliphatic heterocycles. The number of hydrogen-bond donors (Lipinski definition) is 1. The van der Waals surface area contributed by atoms with Crippen LogP contribution in [0.2, 0.25) is 0 Å². The van der Waals surface area contributed by atoms with E-state index in [9.17, 15) is 0 Å². The van der Waals surface area contributed by atoms with Crippen molar-refractivity contribution in [2.75, 3.05) is 7.11 Å². The second-order valence-corrected chi connectivity index (χ2v) is 4.58. The molecule has 3 heteroatoms. The summed E-state index contributed by atoms with van der Waals surface area (Å²) in [5.74, 6) is 0.862. The second kappa shape index (κ2) is 4.68. The Labute approximate surface area is 99.7 Å². The molecule has 0 saturated carbocycles. The SMILES string of the molecule is COc1ccc(-c2sccc2C)cc1CN. The quantitative estimate of drug-likeness (QED) is 0.883. The summed E-state index contributed by atoms with van der Waals surface area (Å²) >= 11 is 1.75. The molecule has 2 nitrogen and oxygen atoms in total. The number of aryl methyl sites for hydroxylation is 1. The summed E-state index contributed by atoms with van der Waals surface area (Å²) in [4.78, 5) is 1.30. The highest BCUT2D eigenvalue weighted by molar-refractivity contribution is 7.13. The normalized spacial score (nSPS) is 10.4. The van der Waals surface area contributed by atoms with Gasteiger partial charge in [0.15, 0.2) is 0 Å². The molecule has 0 atom stereocenters. The maximum absolute atomic E-state index is 5.71. The molecule has 1 heterocycles. The van der Waals surface area contributed by atoms with E-state index in [1.54, 1.807) is 18.4 Å². The smallest absolute Gasteiger partial charge is 0.123 e. The third kappa shape index (κ3) is 1.96. The van der Waals surface area contributed by atoms with Gasteiger partial charge in [0.05, 0.1) is 7.11 Å². The molecular formula is C13H15NOS. The average molecular weight is 233 g/mol. The van der Waals surface area contributed by atoms with E-state index in [0.29, 0.717) is 6.54 Å². The second-order valence-electron chi connectivity index (χ2n) is 3.66. The van der Waals surface area contributed by atoms with E-state index < -0.39 is 0 Å². The van der Waals surface area contributed by atoms with Gasteiger partial charge in [-0.1, -0.05) is 0 Å². The molecule has 1 aromatic heterocycles. The zero-order valence-electron chi connectivity index (χ0n) is 9.49. The van der Waals surface area contributed by atoms with E-state index in [2.05, 4.69) is 30.5 Å². The molecular weight excluding hydrogens is 218 g/mol. The summed E-state index contributed by atoms with van der Waals surface area (Å²) in [6, 6.07) is 8.30. The molecule has 0 aliphatic rings. The fourth-order valence-corrected chi connectivity index (χ4v) is 2.67. The Morgan fingerprint density at radius 2 is 2.12 bits per heavy atom. The van der Waals surface area contributed by atoms with Crippen molar-refractivity contribution in [2.45, 2.75) is 13.5 Å². The number of ether oxygens (including phenoxy) is 1. The van der Waals surface area contributed by atoms with Crippen molar-refractivity contribution in [3.8, 4) is 16.2 Å². The molecule has 0 bridgehead atoms. The van der Waals surface area contributed by atoms with Gasteiger partial charge in [-0.15, -0.1) is 11.3 Å². The first-order valence-electron chi connectivity index (χ1n) is 5.17. The van der Waals surface area contributed by atoms with Crippen LogP contribution in [0.1, 0.15) is 11.1 Å². The first-order chi connectivity index (χ1) is 7.76. The lowest BCUT2D eigenvalue weighted by molar-refractivity contribution is 0.410. The lowest BCUT2D eigenvalue weighted by atomic mass is 10.1. The first kappa shape index (κ1) is 11.2. The van der Waals surface area contributed by atoms with E-state index in [1.165, 1.54) is 16.0 Å². The van der Waals surface area contributed by atoms with Crippen LogP contribution in [0, 0.1) is 6.92 Å². The fourth-order valence-electron chi connectivity index (χ4n) is 1.75. The number of rotatable bonds is 3. The molecule has 0 saturated heterocycles. The van der Waals surface area contributed by atoms with E-state index >= 15 is 0 Å². The average Bonchev–Trinajstić information content (AvgIpc) is 2.74. The highest BCUT2D eigenvalue weighted by atomic mass is 32.1. The molecule has 2 N–H and O–H groups in total. The van der Waals surface area contributed by atoms with Crippen LogP contribution in [0.5, 0.6) is 5.75 Å². The van der Waals surface area contributed by atoms with Gasteiger partial charge in [0.25, 0.3) is 0 Å². The molecule has 0 amide bonds. The minimum atomic E-state index is 0.501. The summed E-state index contributed by atoms with van der Waals surface area (Å²) in [5.41, 5.74) is 9.28. The number of hydrogen-bond acceptors (Lipinski definition) is 3. The Morgan fingerprint density at radius 1 is 1.31 bits per heavy atom. The van der Waals surface area contributed by atoms with Gasteiger partial charge in [0.1, 0.15) is 5.75 Å². The minimum Gasteiger partial charge on any atom is -0.496 e. The zero-order valence-corrected chi connectivity index (χ0v) is 10.3. The van der Waals surface area contributed by atoms with Crippen molar-refractivity contribution in [2.24, 2.45) is 5.73 Å². The number of methoxy groups -OCH3 is 1. The Balaban J connectivity index is 2.48. The predicted octanol–water partition coefficient (Wildman–Crippen LogP) is 3.19. The summed E-state index contributed by atoms with van der Waals surface area (Å²) in [6.07, 6.45) is 0. The number of benzene rings is 1. The van der Waals surface area contributed by atoms with Crippen LogP contribution in [0.15, 0.2) is 29.6 Å². The third-order valence-electron chi connectivity index (χ3n) is 2.62. The van der Waals surface area contributed by atoms with Gasteiger partial charge in [-0.2, -0.15) is 0 Å². The van der Waals surface area contributed by atoms with Gasteiger partial charge < -0.3 is 10.5 Å². The van der Waals surface area contributed by atoms with Gasteiger partial charge in [-0.3, -0.25) is 0 Å². The van der Waals surface area contributed by atoms with E-state index in [0.717, 1.165) is 11.3 Å². The summed E-state index contributed by atoms with van der Waals surface area (Å²) < 4.78 is 5.26. The maximum Gasteiger partial charge on any atom is 0.123 e. The first-order valence-corrected chi connectivity index (χ1v) is 6.05. The molecule has 16 heavy (non-hydrogen) atoms. The zero-order chi connectivity index (χ0) is 11.5. The van der Waals surface area contributed by atoms with Gasteiger partial charge in [0.2, 0.25) is 0 Å². The maximum atomic E-state index is 5.71. The van der Waals surface area contributed by atoms with Gasteiger partial charge in [-0.05, 0) is 47.7 Å². The highest BCUT2D eigenvalue weighted by Crippen LogP contribution is 2.32. The number of thiophene rings is 1. The monoisotopic (exact) mass is 233 g/mol. The molecule has 0 unspecified atom stereocenters. The Morgan fingerprint density at radius 3 is 2.69 bits per heavy atom. The van der Waals surface area contributed by atoms with Crippen molar-refractivity contribution < 1.29 is 4.74 Å². The standard InChI is InChI=1S/C13H15NOS/c1-9-5-6-16-13(9)10-3-4-12(15-2)11(7-10)8-14/h3-7H,8,14H2,1-2H3. The molecule has 2 aromatic rings. The van der Waals surface area contributed by atoms with E-state index in [-0.39, 0.29) is 0 Å². The fraction of sp³-hybridized carbons (Fsp3) is 0.231. The Bertz CT molecular complexity index is 490. The van der Waals surface area contributed by atoms with Crippen LogP contribution in [0.25, 0.3) is 10.4 Å². The molecule has 2 rings (SSSR count). The van der Waals surface area contributed by atoms with Crippen molar-refractivity contribution in [3.05, 3.63) is 40.8 Å². The largest absolute Gasteiger partial charge is 0.496 e. The van der Waals surface area contributed by atoms with Crippen molar-refractivity contribution in [3.63, 3.8) is 0 Å². The van der Waals surface area contributed by atoms with Gasteiger partial charge in [0, 0.05) is 17.0 Å². The summed E-state index contributed by atoms with van der Waals surface area (Å²) in [5, 5.41) is 2.11. The van der Waals surface area contributed by atoms with Crippen LogP contribution in [-0.4, -0.2) is 7.11 Å².